The van der Waals surface area contributed by atoms with Crippen LogP contribution in [0.4, 0.5) is 0 Å². The average Bonchev–Trinajstić information content (AvgIpc) is 3.54. The van der Waals surface area contributed by atoms with Crippen LogP contribution in [0.3, 0.4) is 0 Å². The number of aryl methyl sites for hydroxylation is 1. The van der Waals surface area contributed by atoms with Crippen molar-refractivity contribution in [2.75, 3.05) is 19.6 Å². The minimum atomic E-state index is 0.243. The Labute approximate surface area is 191 Å². The maximum atomic E-state index is 12.8. The average molecular weight is 437 g/mol. The van der Waals surface area contributed by atoms with Crippen LogP contribution in [-0.4, -0.2) is 52.2 Å². The highest BCUT2D eigenvalue weighted by Crippen LogP contribution is 2.28. The molecule has 1 aliphatic heterocycles. The Morgan fingerprint density at radius 1 is 1.16 bits per heavy atom. The van der Waals surface area contributed by atoms with Crippen LogP contribution in [0.15, 0.2) is 35.3 Å². The maximum absolute atomic E-state index is 12.8. The predicted molar refractivity (Wildman–Crippen MR) is 128 cm³/mol. The zero-order valence-corrected chi connectivity index (χ0v) is 19.6. The van der Waals surface area contributed by atoms with E-state index in [1.807, 2.05) is 29.8 Å². The van der Waals surface area contributed by atoms with Gasteiger partial charge in [0.25, 0.3) is 0 Å². The first-order valence-corrected chi connectivity index (χ1v) is 12.0. The van der Waals surface area contributed by atoms with Gasteiger partial charge in [-0.05, 0) is 52.2 Å². The quantitative estimate of drug-likeness (QED) is 0.538. The van der Waals surface area contributed by atoms with Gasteiger partial charge in [-0.3, -0.25) is 4.79 Å². The molecule has 1 unspecified atom stereocenters. The van der Waals surface area contributed by atoms with Crippen LogP contribution in [0.5, 0.6) is 0 Å². The van der Waals surface area contributed by atoms with Gasteiger partial charge in [-0.25, -0.2) is 9.67 Å². The molecular weight excluding hydrogens is 400 g/mol. The zero-order valence-electron chi connectivity index (χ0n) is 19.6. The molecule has 1 aromatic heterocycles. The summed E-state index contributed by atoms with van der Waals surface area (Å²) in [6.45, 7) is 9.19. The fraction of sp³-hybridized carbons (Fsp3) is 0.560. The van der Waals surface area contributed by atoms with Gasteiger partial charge in [-0.15, -0.1) is 0 Å². The minimum Gasteiger partial charge on any atom is -0.357 e. The second-order valence-electron chi connectivity index (χ2n) is 8.99. The Morgan fingerprint density at radius 2 is 1.91 bits per heavy atom. The number of carbonyl (C=O) groups is 1. The van der Waals surface area contributed by atoms with Gasteiger partial charge >= 0.3 is 0 Å². The van der Waals surface area contributed by atoms with E-state index in [-0.39, 0.29) is 12.0 Å². The molecule has 1 saturated carbocycles. The van der Waals surface area contributed by atoms with Crippen molar-refractivity contribution in [2.45, 2.75) is 65.5 Å². The van der Waals surface area contributed by atoms with E-state index in [0.29, 0.717) is 12.5 Å². The Morgan fingerprint density at radius 3 is 2.62 bits per heavy atom. The summed E-state index contributed by atoms with van der Waals surface area (Å²) in [7, 11) is 0. The molecule has 2 aliphatic rings. The molecule has 1 saturated heterocycles. The standard InChI is InChI=1S/C25H36N6O/c1-4-26-25(28-21-14-15-30(17-21)24(32)20-10-8-9-11-20)27-16-23-18(2)29-31(19(23)3)22-12-6-5-7-13-22/h5-7,12-13,20-21H,4,8-11,14-17H2,1-3H3,(H2,26,27,28). The van der Waals surface area contributed by atoms with Crippen molar-refractivity contribution < 1.29 is 4.79 Å². The number of guanidine groups is 1. The highest BCUT2D eigenvalue weighted by atomic mass is 16.2. The van der Waals surface area contributed by atoms with Crippen molar-refractivity contribution >= 4 is 11.9 Å². The molecule has 2 aromatic rings. The number of likely N-dealkylation sites (tertiary alicyclic amines) is 1. The maximum Gasteiger partial charge on any atom is 0.225 e. The lowest BCUT2D eigenvalue weighted by molar-refractivity contribution is -0.134. The monoisotopic (exact) mass is 436 g/mol. The zero-order chi connectivity index (χ0) is 22.5. The second kappa shape index (κ2) is 10.2. The van der Waals surface area contributed by atoms with E-state index in [2.05, 4.69) is 41.5 Å². The van der Waals surface area contributed by atoms with Gasteiger partial charge in [-0.1, -0.05) is 31.0 Å². The highest BCUT2D eigenvalue weighted by molar-refractivity contribution is 5.81. The number of hydrogen-bond donors (Lipinski definition) is 2. The molecular formula is C25H36N6O. The lowest BCUT2D eigenvalue weighted by Crippen LogP contribution is -2.45. The summed E-state index contributed by atoms with van der Waals surface area (Å²) in [4.78, 5) is 19.7. The Balaban J connectivity index is 1.41. The van der Waals surface area contributed by atoms with Gasteiger partial charge in [0.1, 0.15) is 0 Å². The summed E-state index contributed by atoms with van der Waals surface area (Å²) in [5, 5.41) is 11.7. The molecule has 1 atom stereocenters. The summed E-state index contributed by atoms with van der Waals surface area (Å²) in [5.74, 6) is 1.41. The fourth-order valence-electron chi connectivity index (χ4n) is 4.91. The molecule has 2 heterocycles. The van der Waals surface area contributed by atoms with E-state index in [9.17, 15) is 4.79 Å². The van der Waals surface area contributed by atoms with E-state index in [4.69, 9.17) is 10.1 Å². The molecule has 1 aromatic carbocycles. The van der Waals surface area contributed by atoms with Crippen molar-refractivity contribution in [1.82, 2.24) is 25.3 Å². The number of aliphatic imine (C=N–C) groups is 1. The summed E-state index contributed by atoms with van der Waals surface area (Å²) >= 11 is 0. The molecule has 0 spiro atoms. The van der Waals surface area contributed by atoms with E-state index >= 15 is 0 Å². The van der Waals surface area contributed by atoms with Crippen molar-refractivity contribution in [3.05, 3.63) is 47.3 Å². The molecule has 4 rings (SSSR count). The van der Waals surface area contributed by atoms with E-state index < -0.39 is 0 Å². The fourth-order valence-corrected chi connectivity index (χ4v) is 4.91. The number of aromatic nitrogens is 2. The number of nitrogens with one attached hydrogen (secondary N) is 2. The summed E-state index contributed by atoms with van der Waals surface area (Å²) in [6.07, 6.45) is 5.48. The molecule has 32 heavy (non-hydrogen) atoms. The van der Waals surface area contributed by atoms with E-state index in [1.165, 1.54) is 12.8 Å². The van der Waals surface area contributed by atoms with Crippen LogP contribution >= 0.6 is 0 Å². The molecule has 7 nitrogen and oxygen atoms in total. The van der Waals surface area contributed by atoms with E-state index in [0.717, 1.165) is 67.5 Å². The molecule has 2 N–H and O–H groups in total. The Bertz CT molecular complexity index is 945. The second-order valence-corrected chi connectivity index (χ2v) is 8.99. The number of nitrogens with zero attached hydrogens (tertiary/aromatic N) is 4. The molecule has 7 heteroatoms. The molecule has 1 aliphatic carbocycles. The smallest absolute Gasteiger partial charge is 0.225 e. The third-order valence-electron chi connectivity index (χ3n) is 6.73. The number of para-hydroxylation sites is 1. The van der Waals surface area contributed by atoms with Crippen molar-refractivity contribution in [3.8, 4) is 5.69 Å². The van der Waals surface area contributed by atoms with Crippen LogP contribution < -0.4 is 10.6 Å². The van der Waals surface area contributed by atoms with Gasteiger partial charge in [0.15, 0.2) is 5.96 Å². The third kappa shape index (κ3) is 4.97. The van der Waals surface area contributed by atoms with E-state index in [1.54, 1.807) is 0 Å². The van der Waals surface area contributed by atoms with Crippen molar-refractivity contribution in [3.63, 3.8) is 0 Å². The lowest BCUT2D eigenvalue weighted by atomic mass is 10.1. The number of hydrogen-bond acceptors (Lipinski definition) is 3. The topological polar surface area (TPSA) is 74.6 Å². The van der Waals surface area contributed by atoms with Gasteiger partial charge in [0.05, 0.1) is 17.9 Å². The van der Waals surface area contributed by atoms with Gasteiger partial charge in [-0.2, -0.15) is 5.10 Å². The number of benzene rings is 1. The predicted octanol–water partition coefficient (Wildman–Crippen LogP) is 3.34. The largest absolute Gasteiger partial charge is 0.357 e. The SMILES string of the molecule is CCNC(=NCc1c(C)nn(-c2ccccc2)c1C)NC1CCN(C(=O)C2CCCC2)C1. The first kappa shape index (κ1) is 22.4. The third-order valence-corrected chi connectivity index (χ3v) is 6.73. The van der Waals surface area contributed by atoms with Crippen LogP contribution in [-0.2, 0) is 11.3 Å². The number of carbonyl (C=O) groups excluding carboxylic acids is 1. The van der Waals surface area contributed by atoms with Crippen molar-refractivity contribution in [1.29, 1.82) is 0 Å². The summed E-state index contributed by atoms with van der Waals surface area (Å²) in [5.41, 5.74) is 4.32. The van der Waals surface area contributed by atoms with Crippen LogP contribution in [0.2, 0.25) is 0 Å². The van der Waals surface area contributed by atoms with Crippen molar-refractivity contribution in [2.24, 2.45) is 10.9 Å². The van der Waals surface area contributed by atoms with Gasteiger partial charge in [0.2, 0.25) is 5.91 Å². The highest BCUT2D eigenvalue weighted by Gasteiger charge is 2.32. The molecule has 1 amide bonds. The molecule has 2 fully saturated rings. The Hall–Kier alpha value is -2.83. The van der Waals surface area contributed by atoms with Crippen LogP contribution in [0, 0.1) is 19.8 Å². The molecule has 172 valence electrons. The summed E-state index contributed by atoms with van der Waals surface area (Å²) in [6, 6.07) is 10.4. The first-order valence-electron chi connectivity index (χ1n) is 12.0. The molecule has 0 bridgehead atoms. The Kier molecular flexibility index (Phi) is 7.12. The number of rotatable bonds is 6. The van der Waals surface area contributed by atoms with Gasteiger partial charge < -0.3 is 15.5 Å². The van der Waals surface area contributed by atoms with Gasteiger partial charge in [0, 0.05) is 42.9 Å². The molecule has 0 radical (unpaired) electrons. The minimum absolute atomic E-state index is 0.243. The normalized spacial score (nSPS) is 19.5. The van der Waals surface area contributed by atoms with Crippen LogP contribution in [0.1, 0.15) is 56.0 Å². The lowest BCUT2D eigenvalue weighted by Gasteiger charge is -2.21. The summed E-state index contributed by atoms with van der Waals surface area (Å²) < 4.78 is 1.99. The first-order chi connectivity index (χ1) is 15.6. The number of amides is 1. The van der Waals surface area contributed by atoms with Crippen LogP contribution in [0.25, 0.3) is 5.69 Å².